The minimum Gasteiger partial charge on any atom is -0.477 e. The van der Waals surface area contributed by atoms with Gasteiger partial charge in [0.1, 0.15) is 11.1 Å². The maximum absolute atomic E-state index is 12.1. The number of carboxylic acid groups (broad SMARTS) is 1. The van der Waals surface area contributed by atoms with E-state index in [9.17, 15) is 24.6 Å². The molecule has 3 rings (SSSR count). The van der Waals surface area contributed by atoms with Gasteiger partial charge in [0.05, 0.1) is 18.1 Å². The summed E-state index contributed by atoms with van der Waals surface area (Å²) in [4.78, 5) is 38.8. The van der Waals surface area contributed by atoms with E-state index in [-0.39, 0.29) is 23.5 Å². The summed E-state index contributed by atoms with van der Waals surface area (Å²) in [6.07, 6.45) is 0.671. The number of rotatable bonds is 5. The van der Waals surface area contributed by atoms with Crippen LogP contribution in [0.2, 0.25) is 0 Å². The number of hydrogen-bond acceptors (Lipinski definition) is 6. The number of likely N-dealkylation sites (tertiary alicyclic amines) is 1. The van der Waals surface area contributed by atoms with E-state index in [1.54, 1.807) is 0 Å². The van der Waals surface area contributed by atoms with Crippen LogP contribution in [0, 0.1) is 5.92 Å². The largest absolute Gasteiger partial charge is 0.477 e. The molecule has 3 aliphatic rings. The monoisotopic (exact) mass is 341 g/mol. The Morgan fingerprint density at radius 3 is 2.74 bits per heavy atom. The Hall–Kier alpha value is -1.58. The van der Waals surface area contributed by atoms with Gasteiger partial charge in [0.2, 0.25) is 11.8 Å². The van der Waals surface area contributed by atoms with Crippen molar-refractivity contribution in [2.45, 2.75) is 37.3 Å². The summed E-state index contributed by atoms with van der Waals surface area (Å²) in [6, 6.07) is -0.394. The highest BCUT2D eigenvalue weighted by Gasteiger charge is 2.57. The van der Waals surface area contributed by atoms with E-state index in [1.807, 2.05) is 4.90 Å². The van der Waals surface area contributed by atoms with Crippen LogP contribution >= 0.6 is 11.8 Å². The standard InChI is InChI=1S/C14H19N3O5S/c1-6(18)9-12(20)17-10(14(21)22)8(23-13(9)17)5-16-4-2-3-7(16)11(15)19/h6-7,9,13,18H,2-5H2,1H3,(H2,15,19)(H,21,22)/t6?,7-,9-,13+/m0/s1. The third-order valence-corrected chi connectivity index (χ3v) is 5.97. The predicted molar refractivity (Wildman–Crippen MR) is 81.8 cm³/mol. The molecule has 4 N–H and O–H groups in total. The molecule has 0 aromatic rings. The SMILES string of the molecule is CC(O)[C@H]1C(=O)N2C(C(=O)O)=C(CN3CCC[C@H]3C(N)=O)S[C@H]12. The van der Waals surface area contributed by atoms with Crippen molar-refractivity contribution in [2.24, 2.45) is 11.7 Å². The second-order valence-electron chi connectivity index (χ2n) is 6.09. The first kappa shape index (κ1) is 16.3. The van der Waals surface area contributed by atoms with Crippen LogP contribution in [0.25, 0.3) is 0 Å². The van der Waals surface area contributed by atoms with Gasteiger partial charge in [-0.3, -0.25) is 19.4 Å². The number of hydrogen-bond donors (Lipinski definition) is 3. The molecule has 0 radical (unpaired) electrons. The van der Waals surface area contributed by atoms with Crippen LogP contribution in [-0.4, -0.2) is 68.4 Å². The lowest BCUT2D eigenvalue weighted by molar-refractivity contribution is -0.156. The number of carboxylic acids is 1. The molecule has 126 valence electrons. The number of fused-ring (bicyclic) bond motifs is 1. The van der Waals surface area contributed by atoms with Crippen LogP contribution in [0.5, 0.6) is 0 Å². The number of nitrogens with two attached hydrogens (primary N) is 1. The molecule has 0 aromatic heterocycles. The maximum atomic E-state index is 12.1. The number of carbonyl (C=O) groups is 3. The number of β-lactam (4-membered cyclic amide) rings is 1. The summed E-state index contributed by atoms with van der Waals surface area (Å²) in [5, 5.41) is 18.8. The van der Waals surface area contributed by atoms with Gasteiger partial charge in [0, 0.05) is 11.4 Å². The Morgan fingerprint density at radius 1 is 1.48 bits per heavy atom. The summed E-state index contributed by atoms with van der Waals surface area (Å²) >= 11 is 1.29. The zero-order valence-corrected chi connectivity index (χ0v) is 13.5. The van der Waals surface area contributed by atoms with Gasteiger partial charge in [0.15, 0.2) is 0 Å². The minimum absolute atomic E-state index is 0.0305. The van der Waals surface area contributed by atoms with Crippen LogP contribution < -0.4 is 5.73 Å². The van der Waals surface area contributed by atoms with Gasteiger partial charge in [-0.2, -0.15) is 0 Å². The van der Waals surface area contributed by atoms with E-state index in [2.05, 4.69) is 0 Å². The number of thioether (sulfide) groups is 1. The summed E-state index contributed by atoms with van der Waals surface area (Å²) in [7, 11) is 0. The van der Waals surface area contributed by atoms with Gasteiger partial charge < -0.3 is 15.9 Å². The highest BCUT2D eigenvalue weighted by Crippen LogP contribution is 2.50. The number of carbonyl (C=O) groups excluding carboxylic acids is 2. The van der Waals surface area contributed by atoms with Crippen molar-refractivity contribution in [1.29, 1.82) is 0 Å². The lowest BCUT2D eigenvalue weighted by Gasteiger charge is -2.43. The van der Waals surface area contributed by atoms with Crippen molar-refractivity contribution in [3.8, 4) is 0 Å². The van der Waals surface area contributed by atoms with E-state index >= 15 is 0 Å². The molecule has 9 heteroatoms. The number of primary amides is 1. The lowest BCUT2D eigenvalue weighted by atomic mass is 9.92. The fourth-order valence-corrected chi connectivity index (χ4v) is 5.12. The lowest BCUT2D eigenvalue weighted by Crippen LogP contribution is -2.60. The molecule has 3 aliphatic heterocycles. The first-order valence-corrected chi connectivity index (χ1v) is 8.38. The molecule has 0 aromatic carbocycles. The highest BCUT2D eigenvalue weighted by atomic mass is 32.2. The van der Waals surface area contributed by atoms with Crippen molar-refractivity contribution in [3.05, 3.63) is 10.6 Å². The molecule has 0 saturated carbocycles. The van der Waals surface area contributed by atoms with Crippen LogP contribution in [0.15, 0.2) is 10.6 Å². The molecule has 4 atom stereocenters. The molecular formula is C14H19N3O5S. The third kappa shape index (κ3) is 2.52. The van der Waals surface area contributed by atoms with Crippen LogP contribution in [0.1, 0.15) is 19.8 Å². The summed E-state index contributed by atoms with van der Waals surface area (Å²) in [5.74, 6) is -2.53. The number of aliphatic hydroxyl groups is 1. The second kappa shape index (κ2) is 5.81. The van der Waals surface area contributed by atoms with Gasteiger partial charge >= 0.3 is 5.97 Å². The molecule has 1 unspecified atom stereocenters. The first-order valence-electron chi connectivity index (χ1n) is 7.50. The Labute approximate surface area is 137 Å². The Kier molecular flexibility index (Phi) is 4.11. The maximum Gasteiger partial charge on any atom is 0.353 e. The number of aliphatic hydroxyl groups excluding tert-OH is 1. The third-order valence-electron chi connectivity index (χ3n) is 4.61. The Balaban J connectivity index is 1.83. The average Bonchev–Trinajstić information content (AvgIpc) is 3.01. The fraction of sp³-hybridized carbons (Fsp3) is 0.643. The van der Waals surface area contributed by atoms with Gasteiger partial charge in [-0.15, -0.1) is 11.8 Å². The van der Waals surface area contributed by atoms with Gasteiger partial charge in [-0.25, -0.2) is 4.79 Å². The average molecular weight is 341 g/mol. The van der Waals surface area contributed by atoms with Crippen molar-refractivity contribution >= 4 is 29.5 Å². The van der Waals surface area contributed by atoms with Gasteiger partial charge in [-0.1, -0.05) is 0 Å². The van der Waals surface area contributed by atoms with E-state index < -0.39 is 29.9 Å². The zero-order chi connectivity index (χ0) is 16.9. The molecule has 2 saturated heterocycles. The summed E-state index contributed by atoms with van der Waals surface area (Å²) in [5.41, 5.74) is 5.36. The number of amides is 2. The zero-order valence-electron chi connectivity index (χ0n) is 12.6. The normalized spacial score (nSPS) is 32.0. The van der Waals surface area contributed by atoms with Crippen molar-refractivity contribution in [1.82, 2.24) is 9.80 Å². The van der Waals surface area contributed by atoms with Crippen LogP contribution in [0.4, 0.5) is 0 Å². The summed E-state index contributed by atoms with van der Waals surface area (Å²) in [6.45, 7) is 2.48. The van der Waals surface area contributed by atoms with Crippen molar-refractivity contribution in [2.75, 3.05) is 13.1 Å². The van der Waals surface area contributed by atoms with Crippen molar-refractivity contribution in [3.63, 3.8) is 0 Å². The predicted octanol–water partition coefficient (Wildman–Crippen LogP) is -0.856. The molecule has 2 fully saturated rings. The molecule has 23 heavy (non-hydrogen) atoms. The smallest absolute Gasteiger partial charge is 0.353 e. The first-order chi connectivity index (χ1) is 10.8. The van der Waals surface area contributed by atoms with E-state index in [0.717, 1.165) is 6.42 Å². The number of nitrogens with zero attached hydrogens (tertiary/aromatic N) is 2. The Bertz CT molecular complexity index is 605. The van der Waals surface area contributed by atoms with Crippen LogP contribution in [-0.2, 0) is 14.4 Å². The molecular weight excluding hydrogens is 322 g/mol. The number of aliphatic carboxylic acids is 1. The van der Waals surface area contributed by atoms with E-state index in [0.29, 0.717) is 17.9 Å². The fourth-order valence-electron chi connectivity index (χ4n) is 3.49. The highest BCUT2D eigenvalue weighted by molar-refractivity contribution is 8.04. The summed E-state index contributed by atoms with van der Waals surface area (Å²) < 4.78 is 0. The van der Waals surface area contributed by atoms with Gasteiger partial charge in [0.25, 0.3) is 0 Å². The van der Waals surface area contributed by atoms with E-state index in [4.69, 9.17) is 5.73 Å². The van der Waals surface area contributed by atoms with E-state index in [1.165, 1.54) is 23.6 Å². The van der Waals surface area contributed by atoms with Gasteiger partial charge in [-0.05, 0) is 26.3 Å². The molecule has 0 bridgehead atoms. The molecule has 0 spiro atoms. The molecule has 2 amide bonds. The Morgan fingerprint density at radius 2 is 2.17 bits per heavy atom. The van der Waals surface area contributed by atoms with Crippen molar-refractivity contribution < 1.29 is 24.6 Å². The molecule has 8 nitrogen and oxygen atoms in total. The van der Waals surface area contributed by atoms with Crippen LogP contribution in [0.3, 0.4) is 0 Å². The second-order valence-corrected chi connectivity index (χ2v) is 7.30. The molecule has 0 aliphatic carbocycles. The topological polar surface area (TPSA) is 124 Å². The quantitative estimate of drug-likeness (QED) is 0.556. The molecule has 3 heterocycles. The minimum atomic E-state index is -1.16.